The van der Waals surface area contributed by atoms with Gasteiger partial charge >= 0.3 is 0 Å². The standard InChI is InChI=1S/C15H19N3/c16-10-5-7-18-8-6-12-11-3-1-2-4-13(11)17-15(12)14(18)9-10/h1-4,10,14,17H,5-9,16H2/t10?,14-/m0/s1. The molecule has 1 unspecified atom stereocenters. The molecule has 2 aliphatic rings. The molecule has 4 rings (SSSR count). The van der Waals surface area contributed by atoms with Crippen molar-refractivity contribution in [3.8, 4) is 0 Å². The number of hydrogen-bond acceptors (Lipinski definition) is 2. The zero-order valence-electron chi connectivity index (χ0n) is 10.5. The maximum atomic E-state index is 6.15. The molecule has 1 saturated heterocycles. The van der Waals surface area contributed by atoms with Gasteiger partial charge in [0.25, 0.3) is 0 Å². The number of H-pyrrole nitrogens is 1. The van der Waals surface area contributed by atoms with Crippen molar-refractivity contribution in [2.75, 3.05) is 13.1 Å². The first kappa shape index (κ1) is 10.6. The third-order valence-corrected chi connectivity index (χ3v) is 4.58. The summed E-state index contributed by atoms with van der Waals surface area (Å²) in [5, 5.41) is 1.41. The highest BCUT2D eigenvalue weighted by atomic mass is 15.2. The zero-order valence-corrected chi connectivity index (χ0v) is 10.5. The molecule has 1 fully saturated rings. The summed E-state index contributed by atoms with van der Waals surface area (Å²) in [4.78, 5) is 6.24. The van der Waals surface area contributed by atoms with Gasteiger partial charge in [-0.3, -0.25) is 4.90 Å². The third kappa shape index (κ3) is 1.44. The number of aromatic amines is 1. The van der Waals surface area contributed by atoms with Crippen LogP contribution in [0.1, 0.15) is 30.1 Å². The van der Waals surface area contributed by atoms with Gasteiger partial charge in [0.2, 0.25) is 0 Å². The van der Waals surface area contributed by atoms with Crippen LogP contribution in [0.3, 0.4) is 0 Å². The van der Waals surface area contributed by atoms with Gasteiger partial charge in [0.15, 0.2) is 0 Å². The highest BCUT2D eigenvalue weighted by molar-refractivity contribution is 5.85. The average Bonchev–Trinajstić information content (AvgIpc) is 2.78. The molecule has 1 aromatic heterocycles. The van der Waals surface area contributed by atoms with Crippen molar-refractivity contribution >= 4 is 10.9 Å². The molecule has 3 heteroatoms. The van der Waals surface area contributed by atoms with E-state index in [0.717, 1.165) is 19.4 Å². The van der Waals surface area contributed by atoms with E-state index in [1.165, 1.54) is 35.1 Å². The second kappa shape index (κ2) is 3.84. The predicted molar refractivity (Wildman–Crippen MR) is 73.5 cm³/mol. The number of piperidine rings is 1. The largest absolute Gasteiger partial charge is 0.357 e. The van der Waals surface area contributed by atoms with Crippen LogP contribution in [0.25, 0.3) is 10.9 Å². The van der Waals surface area contributed by atoms with Crippen LogP contribution in [-0.2, 0) is 6.42 Å². The minimum atomic E-state index is 0.364. The molecule has 2 atom stereocenters. The van der Waals surface area contributed by atoms with E-state index in [1.54, 1.807) is 0 Å². The fraction of sp³-hybridized carbons (Fsp3) is 0.467. The molecule has 0 spiro atoms. The van der Waals surface area contributed by atoms with E-state index >= 15 is 0 Å². The molecule has 0 bridgehead atoms. The van der Waals surface area contributed by atoms with Crippen LogP contribution >= 0.6 is 0 Å². The lowest BCUT2D eigenvalue weighted by atomic mass is 9.89. The summed E-state index contributed by atoms with van der Waals surface area (Å²) < 4.78 is 0. The topological polar surface area (TPSA) is 45.0 Å². The highest BCUT2D eigenvalue weighted by Crippen LogP contribution is 2.38. The molecule has 0 radical (unpaired) electrons. The summed E-state index contributed by atoms with van der Waals surface area (Å²) in [6, 6.07) is 9.54. The molecule has 18 heavy (non-hydrogen) atoms. The highest BCUT2D eigenvalue weighted by Gasteiger charge is 2.34. The maximum absolute atomic E-state index is 6.15. The molecule has 2 aromatic rings. The molecule has 2 aliphatic heterocycles. The van der Waals surface area contributed by atoms with Crippen molar-refractivity contribution in [2.45, 2.75) is 31.3 Å². The first-order valence-corrected chi connectivity index (χ1v) is 6.92. The van der Waals surface area contributed by atoms with Crippen LogP contribution in [0.2, 0.25) is 0 Å². The quantitative estimate of drug-likeness (QED) is 0.742. The number of para-hydroxylation sites is 1. The Morgan fingerprint density at radius 2 is 2.11 bits per heavy atom. The Bertz CT molecular complexity index is 586. The van der Waals surface area contributed by atoms with Crippen LogP contribution < -0.4 is 5.73 Å². The number of nitrogens with two attached hydrogens (primary N) is 1. The van der Waals surface area contributed by atoms with E-state index in [4.69, 9.17) is 5.73 Å². The van der Waals surface area contributed by atoms with E-state index in [0.29, 0.717) is 12.1 Å². The lowest BCUT2D eigenvalue weighted by Crippen LogP contribution is -2.45. The maximum Gasteiger partial charge on any atom is 0.0516 e. The summed E-state index contributed by atoms with van der Waals surface area (Å²) in [6.45, 7) is 2.34. The first-order chi connectivity index (χ1) is 8.83. The lowest BCUT2D eigenvalue weighted by molar-refractivity contribution is 0.124. The third-order valence-electron chi connectivity index (χ3n) is 4.58. The molecule has 0 saturated carbocycles. The number of aromatic nitrogens is 1. The molecule has 3 N–H and O–H groups in total. The lowest BCUT2D eigenvalue weighted by Gasteiger charge is -2.41. The van der Waals surface area contributed by atoms with Gasteiger partial charge in [-0.25, -0.2) is 0 Å². The van der Waals surface area contributed by atoms with Crippen molar-refractivity contribution < 1.29 is 0 Å². The van der Waals surface area contributed by atoms with Gasteiger partial charge < -0.3 is 10.7 Å². The number of nitrogens with one attached hydrogen (secondary N) is 1. The van der Waals surface area contributed by atoms with E-state index in [2.05, 4.69) is 34.1 Å². The summed E-state index contributed by atoms with van der Waals surface area (Å²) in [7, 11) is 0. The van der Waals surface area contributed by atoms with Gasteiger partial charge in [-0.1, -0.05) is 18.2 Å². The molecule has 0 amide bonds. The zero-order chi connectivity index (χ0) is 12.1. The molecule has 3 nitrogen and oxygen atoms in total. The van der Waals surface area contributed by atoms with Crippen molar-refractivity contribution in [1.82, 2.24) is 9.88 Å². The number of rotatable bonds is 0. The molecular formula is C15H19N3. The van der Waals surface area contributed by atoms with E-state index in [1.807, 2.05) is 0 Å². The average molecular weight is 241 g/mol. The number of hydrogen-bond donors (Lipinski definition) is 2. The van der Waals surface area contributed by atoms with Gasteiger partial charge in [0.1, 0.15) is 0 Å². The Balaban J connectivity index is 1.86. The van der Waals surface area contributed by atoms with Crippen LogP contribution in [0.5, 0.6) is 0 Å². The summed E-state index contributed by atoms with van der Waals surface area (Å²) in [6.07, 6.45) is 3.41. The van der Waals surface area contributed by atoms with Crippen LogP contribution in [0, 0.1) is 0 Å². The normalized spacial score (nSPS) is 28.1. The minimum Gasteiger partial charge on any atom is -0.357 e. The number of fused-ring (bicyclic) bond motifs is 5. The van der Waals surface area contributed by atoms with Crippen LogP contribution in [-0.4, -0.2) is 29.0 Å². The van der Waals surface area contributed by atoms with Crippen molar-refractivity contribution in [3.05, 3.63) is 35.5 Å². The minimum absolute atomic E-state index is 0.364. The van der Waals surface area contributed by atoms with Crippen LogP contribution in [0.15, 0.2) is 24.3 Å². The fourth-order valence-electron chi connectivity index (χ4n) is 3.64. The summed E-state index contributed by atoms with van der Waals surface area (Å²) >= 11 is 0. The fourth-order valence-corrected chi connectivity index (χ4v) is 3.64. The Labute approximate surface area is 107 Å². The number of benzene rings is 1. The molecule has 94 valence electrons. The van der Waals surface area contributed by atoms with E-state index in [9.17, 15) is 0 Å². The van der Waals surface area contributed by atoms with Gasteiger partial charge in [-0.2, -0.15) is 0 Å². The smallest absolute Gasteiger partial charge is 0.0516 e. The van der Waals surface area contributed by atoms with Gasteiger partial charge in [-0.05, 0) is 30.9 Å². The second-order valence-corrected chi connectivity index (χ2v) is 5.65. The Kier molecular flexibility index (Phi) is 2.26. The Morgan fingerprint density at radius 1 is 1.22 bits per heavy atom. The monoisotopic (exact) mass is 241 g/mol. The second-order valence-electron chi connectivity index (χ2n) is 5.65. The Hall–Kier alpha value is -1.32. The molecule has 3 heterocycles. The van der Waals surface area contributed by atoms with Gasteiger partial charge in [0, 0.05) is 35.7 Å². The number of nitrogens with zero attached hydrogens (tertiary/aromatic N) is 1. The van der Waals surface area contributed by atoms with Crippen molar-refractivity contribution in [1.29, 1.82) is 0 Å². The van der Waals surface area contributed by atoms with Crippen molar-refractivity contribution in [3.63, 3.8) is 0 Å². The summed E-state index contributed by atoms with van der Waals surface area (Å²) in [5.41, 5.74) is 10.4. The first-order valence-electron chi connectivity index (χ1n) is 6.92. The summed E-state index contributed by atoms with van der Waals surface area (Å²) in [5.74, 6) is 0. The van der Waals surface area contributed by atoms with Crippen molar-refractivity contribution in [2.24, 2.45) is 5.73 Å². The predicted octanol–water partition coefficient (Wildman–Crippen LogP) is 2.19. The van der Waals surface area contributed by atoms with E-state index in [-0.39, 0.29) is 0 Å². The van der Waals surface area contributed by atoms with Gasteiger partial charge in [0.05, 0.1) is 6.04 Å². The molecule has 1 aromatic carbocycles. The Morgan fingerprint density at radius 3 is 3.06 bits per heavy atom. The molecule has 0 aliphatic carbocycles. The van der Waals surface area contributed by atoms with E-state index < -0.39 is 0 Å². The van der Waals surface area contributed by atoms with Gasteiger partial charge in [-0.15, -0.1) is 0 Å². The molecular weight excluding hydrogens is 222 g/mol. The van der Waals surface area contributed by atoms with Crippen LogP contribution in [0.4, 0.5) is 0 Å². The SMILES string of the molecule is NC1CCN2CCc3c([nH]c4ccccc34)[C@@H]2C1.